The summed E-state index contributed by atoms with van der Waals surface area (Å²) in [4.78, 5) is 34.1. The summed E-state index contributed by atoms with van der Waals surface area (Å²) < 4.78 is 0. The van der Waals surface area contributed by atoms with Crippen LogP contribution in [0.5, 0.6) is 0 Å². The molecule has 0 bridgehead atoms. The Morgan fingerprint density at radius 3 is 2.26 bits per heavy atom. The minimum Gasteiger partial charge on any atom is -0.267 e. The molecule has 0 atom stereocenters. The number of benzene rings is 2. The van der Waals surface area contributed by atoms with Crippen LogP contribution in [-0.2, 0) is 0 Å². The monoisotopic (exact) mass is 333 g/mol. The molecule has 2 N–H and O–H groups in total. The fourth-order valence-corrected chi connectivity index (χ4v) is 1.97. The van der Waals surface area contributed by atoms with Gasteiger partial charge in [-0.3, -0.25) is 30.6 Å². The molecular weight excluding hydrogens is 322 g/mol. The molecule has 0 spiro atoms. The number of nitrogens with zero attached hydrogens (tertiary/aromatic N) is 1. The fraction of sp³-hybridized carbons (Fsp3) is 0.0667. The van der Waals surface area contributed by atoms with Gasteiger partial charge in [0, 0.05) is 16.7 Å². The van der Waals surface area contributed by atoms with Crippen LogP contribution in [0.1, 0.15) is 26.3 Å². The minimum absolute atomic E-state index is 0.136. The van der Waals surface area contributed by atoms with Crippen LogP contribution in [0.4, 0.5) is 5.69 Å². The van der Waals surface area contributed by atoms with Gasteiger partial charge in [-0.2, -0.15) is 0 Å². The summed E-state index contributed by atoms with van der Waals surface area (Å²) in [7, 11) is 0. The first kappa shape index (κ1) is 16.4. The van der Waals surface area contributed by atoms with Crippen LogP contribution in [0.2, 0.25) is 5.02 Å². The molecule has 118 valence electrons. The highest BCUT2D eigenvalue weighted by Crippen LogP contribution is 2.22. The molecule has 0 aliphatic rings. The third-order valence-electron chi connectivity index (χ3n) is 3.00. The average molecular weight is 334 g/mol. The molecule has 0 radical (unpaired) electrons. The highest BCUT2D eigenvalue weighted by Gasteiger charge is 2.21. The Morgan fingerprint density at radius 1 is 1.04 bits per heavy atom. The first-order valence-electron chi connectivity index (χ1n) is 6.50. The van der Waals surface area contributed by atoms with Gasteiger partial charge in [0.2, 0.25) is 0 Å². The molecule has 0 saturated heterocycles. The number of nitro groups is 1. The Morgan fingerprint density at radius 2 is 1.65 bits per heavy atom. The van der Waals surface area contributed by atoms with Gasteiger partial charge in [-0.25, -0.2) is 0 Å². The van der Waals surface area contributed by atoms with Crippen molar-refractivity contribution in [2.24, 2.45) is 0 Å². The smallest absolute Gasteiger partial charge is 0.267 e. The molecule has 2 aromatic carbocycles. The molecule has 23 heavy (non-hydrogen) atoms. The lowest BCUT2D eigenvalue weighted by Gasteiger charge is -2.08. The predicted molar refractivity (Wildman–Crippen MR) is 84.2 cm³/mol. The summed E-state index contributed by atoms with van der Waals surface area (Å²) in [6.45, 7) is 1.88. The van der Waals surface area contributed by atoms with E-state index in [2.05, 4.69) is 10.9 Å². The number of rotatable bonds is 3. The van der Waals surface area contributed by atoms with Gasteiger partial charge >= 0.3 is 0 Å². The van der Waals surface area contributed by atoms with Gasteiger partial charge in [0.25, 0.3) is 17.5 Å². The summed E-state index contributed by atoms with van der Waals surface area (Å²) in [6.07, 6.45) is 0. The molecule has 0 saturated carbocycles. The second kappa shape index (κ2) is 6.89. The van der Waals surface area contributed by atoms with Crippen LogP contribution in [0.25, 0.3) is 0 Å². The largest absolute Gasteiger partial charge is 0.283 e. The van der Waals surface area contributed by atoms with Gasteiger partial charge < -0.3 is 0 Å². The fourth-order valence-electron chi connectivity index (χ4n) is 1.81. The summed E-state index contributed by atoms with van der Waals surface area (Å²) >= 11 is 5.68. The van der Waals surface area contributed by atoms with E-state index >= 15 is 0 Å². The molecule has 0 aromatic heterocycles. The van der Waals surface area contributed by atoms with Gasteiger partial charge in [-0.1, -0.05) is 29.3 Å². The van der Waals surface area contributed by atoms with Gasteiger partial charge in [0.1, 0.15) is 5.56 Å². The third-order valence-corrected chi connectivity index (χ3v) is 3.24. The SMILES string of the molecule is Cc1ccc(C(=O)NNC(=O)c2ccc(Cl)cc2[N+](=O)[O-])cc1. The van der Waals surface area contributed by atoms with E-state index in [9.17, 15) is 19.7 Å². The molecular formula is C15H12ClN3O4. The lowest BCUT2D eigenvalue weighted by Crippen LogP contribution is -2.41. The first-order chi connectivity index (χ1) is 10.9. The van der Waals surface area contributed by atoms with Crippen molar-refractivity contribution in [1.29, 1.82) is 0 Å². The topological polar surface area (TPSA) is 101 Å². The van der Waals surface area contributed by atoms with Gasteiger partial charge in [0.05, 0.1) is 4.92 Å². The molecule has 7 nitrogen and oxygen atoms in total. The van der Waals surface area contributed by atoms with Crippen molar-refractivity contribution in [1.82, 2.24) is 10.9 Å². The standard InChI is InChI=1S/C15H12ClN3O4/c1-9-2-4-10(5-3-9)14(20)17-18-15(21)12-7-6-11(16)8-13(12)19(22)23/h2-8H,1H3,(H,17,20)(H,18,21). The van der Waals surface area contributed by atoms with E-state index in [4.69, 9.17) is 11.6 Å². The molecule has 0 unspecified atom stereocenters. The number of hydrogen-bond acceptors (Lipinski definition) is 4. The number of carbonyl (C=O) groups is 2. The van der Waals surface area contributed by atoms with E-state index in [0.29, 0.717) is 5.56 Å². The number of hydrogen-bond donors (Lipinski definition) is 2. The maximum atomic E-state index is 12.0. The molecule has 2 amide bonds. The zero-order chi connectivity index (χ0) is 17.0. The molecule has 0 aliphatic carbocycles. The van der Waals surface area contributed by atoms with Crippen molar-refractivity contribution < 1.29 is 14.5 Å². The normalized spacial score (nSPS) is 10.0. The van der Waals surface area contributed by atoms with Crippen molar-refractivity contribution in [3.05, 3.63) is 74.3 Å². The van der Waals surface area contributed by atoms with Gasteiger partial charge in [-0.05, 0) is 31.2 Å². The van der Waals surface area contributed by atoms with Gasteiger partial charge in [0.15, 0.2) is 0 Å². The Kier molecular flexibility index (Phi) is 4.92. The van der Waals surface area contributed by atoms with Crippen LogP contribution >= 0.6 is 11.6 Å². The average Bonchev–Trinajstić information content (AvgIpc) is 2.52. The highest BCUT2D eigenvalue weighted by molar-refractivity contribution is 6.31. The highest BCUT2D eigenvalue weighted by atomic mass is 35.5. The first-order valence-corrected chi connectivity index (χ1v) is 6.87. The number of aryl methyl sites for hydroxylation is 1. The van der Waals surface area contributed by atoms with E-state index in [-0.39, 0.29) is 10.6 Å². The molecule has 0 fully saturated rings. The third kappa shape index (κ3) is 4.04. The van der Waals surface area contributed by atoms with Crippen molar-refractivity contribution >= 4 is 29.1 Å². The maximum Gasteiger partial charge on any atom is 0.283 e. The van der Waals surface area contributed by atoms with Crippen LogP contribution in [0, 0.1) is 17.0 Å². The lowest BCUT2D eigenvalue weighted by molar-refractivity contribution is -0.385. The van der Waals surface area contributed by atoms with Crippen LogP contribution in [-0.4, -0.2) is 16.7 Å². The zero-order valence-corrected chi connectivity index (χ0v) is 12.8. The van der Waals surface area contributed by atoms with Crippen LogP contribution < -0.4 is 10.9 Å². The molecule has 0 aliphatic heterocycles. The quantitative estimate of drug-likeness (QED) is 0.665. The Bertz CT molecular complexity index is 775. The number of carbonyl (C=O) groups excluding carboxylic acids is 2. The van der Waals surface area contributed by atoms with E-state index in [1.807, 2.05) is 6.92 Å². The molecule has 0 heterocycles. The summed E-state index contributed by atoms with van der Waals surface area (Å²) in [6, 6.07) is 10.3. The van der Waals surface area contributed by atoms with Crippen LogP contribution in [0.3, 0.4) is 0 Å². The van der Waals surface area contributed by atoms with Gasteiger partial charge in [-0.15, -0.1) is 0 Å². The summed E-state index contributed by atoms with van der Waals surface area (Å²) in [5, 5.41) is 11.1. The van der Waals surface area contributed by atoms with Crippen molar-refractivity contribution in [2.45, 2.75) is 6.92 Å². The van der Waals surface area contributed by atoms with Crippen molar-refractivity contribution in [2.75, 3.05) is 0 Å². The zero-order valence-electron chi connectivity index (χ0n) is 12.0. The van der Waals surface area contributed by atoms with E-state index in [1.54, 1.807) is 24.3 Å². The van der Waals surface area contributed by atoms with Crippen molar-refractivity contribution in [3.8, 4) is 0 Å². The number of halogens is 1. The number of amides is 2. The Labute approximate surface area is 136 Å². The minimum atomic E-state index is -0.811. The predicted octanol–water partition coefficient (Wildman–Crippen LogP) is 2.63. The summed E-state index contributed by atoms with van der Waals surface area (Å²) in [5.41, 5.74) is 5.03. The lowest BCUT2D eigenvalue weighted by atomic mass is 10.1. The molecule has 8 heteroatoms. The van der Waals surface area contributed by atoms with Crippen LogP contribution in [0.15, 0.2) is 42.5 Å². The summed E-state index contributed by atoms with van der Waals surface area (Å²) in [5.74, 6) is -1.34. The van der Waals surface area contributed by atoms with E-state index < -0.39 is 22.4 Å². The Balaban J connectivity index is 2.09. The Hall–Kier alpha value is -2.93. The number of hydrazine groups is 1. The van der Waals surface area contributed by atoms with E-state index in [0.717, 1.165) is 11.6 Å². The number of nitro benzene ring substituents is 1. The molecule has 2 aromatic rings. The van der Waals surface area contributed by atoms with Crippen molar-refractivity contribution in [3.63, 3.8) is 0 Å². The second-order valence-corrected chi connectivity index (χ2v) is 5.13. The second-order valence-electron chi connectivity index (χ2n) is 4.69. The van der Waals surface area contributed by atoms with E-state index in [1.165, 1.54) is 12.1 Å². The molecule has 2 rings (SSSR count). The number of nitrogens with one attached hydrogen (secondary N) is 2. The maximum absolute atomic E-state index is 12.0.